The molecular weight excluding hydrogens is 474 g/mol. The SMILES string of the molecule is Cc1ccc2cc(-c3ccc(-c4cc(F)c5c(F)c(C#CC(F)(F)F)c(F)cc5c4)cc3)ccc2c1. The van der Waals surface area contributed by atoms with Gasteiger partial charge >= 0.3 is 6.18 Å². The summed E-state index contributed by atoms with van der Waals surface area (Å²) in [5.41, 5.74) is 2.96. The van der Waals surface area contributed by atoms with E-state index < -0.39 is 34.6 Å². The average molecular weight is 490 g/mol. The minimum absolute atomic E-state index is 0.119. The van der Waals surface area contributed by atoms with E-state index >= 15 is 0 Å². The summed E-state index contributed by atoms with van der Waals surface area (Å²) in [5.74, 6) is -1.54. The van der Waals surface area contributed by atoms with Crippen LogP contribution in [0.2, 0.25) is 0 Å². The van der Waals surface area contributed by atoms with Crippen LogP contribution in [0.5, 0.6) is 0 Å². The molecule has 5 aromatic carbocycles. The maximum absolute atomic E-state index is 14.9. The van der Waals surface area contributed by atoms with E-state index in [2.05, 4.69) is 18.2 Å². The highest BCUT2D eigenvalue weighted by Gasteiger charge is 2.24. The third-order valence-electron chi connectivity index (χ3n) is 5.96. The zero-order valence-electron chi connectivity index (χ0n) is 18.8. The minimum atomic E-state index is -4.94. The molecule has 6 heteroatoms. The monoisotopic (exact) mass is 490 g/mol. The lowest BCUT2D eigenvalue weighted by Crippen LogP contribution is -2.03. The van der Waals surface area contributed by atoms with Crippen molar-refractivity contribution in [3.63, 3.8) is 0 Å². The molecule has 5 aromatic rings. The average Bonchev–Trinajstić information content (AvgIpc) is 2.82. The second-order valence-corrected chi connectivity index (χ2v) is 8.49. The molecule has 0 unspecified atom stereocenters. The maximum atomic E-state index is 14.9. The van der Waals surface area contributed by atoms with E-state index in [-0.39, 0.29) is 5.39 Å². The fourth-order valence-corrected chi connectivity index (χ4v) is 4.23. The highest BCUT2D eigenvalue weighted by atomic mass is 19.4. The third kappa shape index (κ3) is 4.52. The predicted octanol–water partition coefficient (Wildman–Crippen LogP) is 8.97. The molecule has 0 nitrogen and oxygen atoms in total. The first-order chi connectivity index (χ1) is 17.1. The van der Waals surface area contributed by atoms with Crippen LogP contribution in [0.4, 0.5) is 26.3 Å². The second-order valence-electron chi connectivity index (χ2n) is 8.49. The summed E-state index contributed by atoms with van der Waals surface area (Å²) in [6.07, 6.45) is -4.94. The molecule has 0 N–H and O–H groups in total. The van der Waals surface area contributed by atoms with E-state index in [0.29, 0.717) is 11.1 Å². The Kier molecular flexibility index (Phi) is 5.72. The van der Waals surface area contributed by atoms with Crippen molar-refractivity contribution in [2.75, 3.05) is 0 Å². The largest absolute Gasteiger partial charge is 0.458 e. The number of benzene rings is 5. The molecule has 0 spiro atoms. The molecule has 0 saturated heterocycles. The molecule has 0 amide bonds. The van der Waals surface area contributed by atoms with Crippen LogP contribution in [0.25, 0.3) is 43.8 Å². The van der Waals surface area contributed by atoms with Crippen LogP contribution in [0.3, 0.4) is 0 Å². The van der Waals surface area contributed by atoms with Crippen molar-refractivity contribution in [1.82, 2.24) is 0 Å². The molecule has 0 atom stereocenters. The molecule has 5 rings (SSSR count). The molecule has 0 fully saturated rings. The van der Waals surface area contributed by atoms with Crippen LogP contribution < -0.4 is 0 Å². The lowest BCUT2D eigenvalue weighted by molar-refractivity contribution is -0.0696. The molecule has 0 aliphatic rings. The van der Waals surface area contributed by atoms with Gasteiger partial charge in [0.2, 0.25) is 0 Å². The lowest BCUT2D eigenvalue weighted by atomic mass is 9.96. The van der Waals surface area contributed by atoms with Gasteiger partial charge in [0.25, 0.3) is 0 Å². The summed E-state index contributed by atoms with van der Waals surface area (Å²) in [6.45, 7) is 2.03. The molecular formula is C30H16F6. The normalized spacial score (nSPS) is 11.5. The minimum Gasteiger partial charge on any atom is -0.206 e. The van der Waals surface area contributed by atoms with Gasteiger partial charge in [-0.05, 0) is 69.6 Å². The zero-order valence-corrected chi connectivity index (χ0v) is 18.8. The van der Waals surface area contributed by atoms with Gasteiger partial charge in [0.15, 0.2) is 5.82 Å². The smallest absolute Gasteiger partial charge is 0.206 e. The first-order valence-corrected chi connectivity index (χ1v) is 10.9. The number of aryl methyl sites for hydroxylation is 1. The fourth-order valence-electron chi connectivity index (χ4n) is 4.23. The van der Waals surface area contributed by atoms with Gasteiger partial charge in [0, 0.05) is 5.92 Å². The first kappa shape index (κ1) is 23.5. The van der Waals surface area contributed by atoms with Gasteiger partial charge in [-0.3, -0.25) is 0 Å². The van der Waals surface area contributed by atoms with Crippen molar-refractivity contribution < 1.29 is 26.3 Å². The van der Waals surface area contributed by atoms with Gasteiger partial charge < -0.3 is 0 Å². The maximum Gasteiger partial charge on any atom is 0.458 e. The van der Waals surface area contributed by atoms with Gasteiger partial charge in [-0.1, -0.05) is 66.1 Å². The van der Waals surface area contributed by atoms with Crippen LogP contribution in [0, 0.1) is 36.2 Å². The van der Waals surface area contributed by atoms with Crippen LogP contribution in [0.1, 0.15) is 11.1 Å². The van der Waals surface area contributed by atoms with Crippen molar-refractivity contribution in [1.29, 1.82) is 0 Å². The standard InChI is InChI=1S/C30H16F6/c1-17-2-3-22-13-21(9-8-20(22)12-17)18-4-6-19(7-5-18)23-14-24-16-26(31)25(10-11-30(34,35)36)29(33)28(24)27(32)15-23/h2-9,12-16H,1H3. The van der Waals surface area contributed by atoms with Crippen molar-refractivity contribution in [3.05, 3.63) is 107 Å². The van der Waals surface area contributed by atoms with E-state index in [1.807, 2.05) is 37.3 Å². The quantitative estimate of drug-likeness (QED) is 0.171. The Morgan fingerprint density at radius 2 is 1.17 bits per heavy atom. The summed E-state index contributed by atoms with van der Waals surface area (Å²) in [5, 5.41) is 1.50. The van der Waals surface area contributed by atoms with Crippen molar-refractivity contribution >= 4 is 21.5 Å². The van der Waals surface area contributed by atoms with E-state index in [4.69, 9.17) is 0 Å². The molecule has 0 saturated carbocycles. The van der Waals surface area contributed by atoms with E-state index in [0.717, 1.165) is 40.0 Å². The molecule has 0 aromatic heterocycles. The molecule has 0 bridgehead atoms. The van der Waals surface area contributed by atoms with E-state index in [1.54, 1.807) is 12.1 Å². The highest BCUT2D eigenvalue weighted by molar-refractivity contribution is 5.91. The van der Waals surface area contributed by atoms with Gasteiger partial charge in [-0.2, -0.15) is 13.2 Å². The van der Waals surface area contributed by atoms with E-state index in [1.165, 1.54) is 17.6 Å². The van der Waals surface area contributed by atoms with Gasteiger partial charge in [-0.25, -0.2) is 13.2 Å². The number of hydrogen-bond acceptors (Lipinski definition) is 0. The van der Waals surface area contributed by atoms with Crippen LogP contribution in [-0.4, -0.2) is 6.18 Å². The molecule has 0 aliphatic heterocycles. The Morgan fingerprint density at radius 1 is 0.583 bits per heavy atom. The topological polar surface area (TPSA) is 0 Å². The third-order valence-corrected chi connectivity index (χ3v) is 5.96. The fraction of sp³-hybridized carbons (Fsp3) is 0.0667. The van der Waals surface area contributed by atoms with Gasteiger partial charge in [0.05, 0.1) is 10.9 Å². The summed E-state index contributed by atoms with van der Waals surface area (Å²) < 4.78 is 81.1. The Bertz CT molecular complexity index is 1700. The number of rotatable bonds is 2. The highest BCUT2D eigenvalue weighted by Crippen LogP contribution is 2.33. The Morgan fingerprint density at radius 3 is 1.86 bits per heavy atom. The molecule has 0 heterocycles. The molecule has 36 heavy (non-hydrogen) atoms. The second kappa shape index (κ2) is 8.76. The number of fused-ring (bicyclic) bond motifs is 2. The Hall–Kier alpha value is -4.24. The van der Waals surface area contributed by atoms with Crippen molar-refractivity contribution in [3.8, 4) is 34.1 Å². The lowest BCUT2D eigenvalue weighted by Gasteiger charge is -2.10. The molecule has 178 valence electrons. The van der Waals surface area contributed by atoms with Gasteiger partial charge in [-0.15, -0.1) is 0 Å². The summed E-state index contributed by atoms with van der Waals surface area (Å²) in [6, 6.07) is 22.8. The van der Waals surface area contributed by atoms with Crippen LogP contribution in [-0.2, 0) is 0 Å². The number of halogens is 6. The van der Waals surface area contributed by atoms with Crippen molar-refractivity contribution in [2.24, 2.45) is 0 Å². The van der Waals surface area contributed by atoms with Crippen molar-refractivity contribution in [2.45, 2.75) is 13.1 Å². The number of alkyl halides is 3. The van der Waals surface area contributed by atoms with Crippen LogP contribution >= 0.6 is 0 Å². The zero-order chi connectivity index (χ0) is 25.6. The summed E-state index contributed by atoms with van der Waals surface area (Å²) in [7, 11) is 0. The number of hydrogen-bond donors (Lipinski definition) is 0. The van der Waals surface area contributed by atoms with Crippen LogP contribution in [0.15, 0.2) is 78.9 Å². The van der Waals surface area contributed by atoms with E-state index in [9.17, 15) is 26.3 Å². The Balaban J connectivity index is 1.52. The first-order valence-electron chi connectivity index (χ1n) is 10.9. The summed E-state index contributed by atoms with van der Waals surface area (Å²) >= 11 is 0. The summed E-state index contributed by atoms with van der Waals surface area (Å²) in [4.78, 5) is 0. The Labute approximate surface area is 202 Å². The molecule has 0 radical (unpaired) electrons. The van der Waals surface area contributed by atoms with Gasteiger partial charge in [0.1, 0.15) is 11.6 Å². The molecule has 0 aliphatic carbocycles. The predicted molar refractivity (Wildman–Crippen MR) is 130 cm³/mol.